The largest absolute Gasteiger partial charge is 0.368 e. The molecule has 0 saturated heterocycles. The van der Waals surface area contributed by atoms with E-state index < -0.39 is 0 Å². The quantitative estimate of drug-likeness (QED) is 0.793. The highest BCUT2D eigenvalue weighted by molar-refractivity contribution is 5.48. The zero-order chi connectivity index (χ0) is 13.5. The zero-order valence-corrected chi connectivity index (χ0v) is 12.5. The standard InChI is InChI=1S/C16H28N2/c1-6-15(12-17-13(3)4)18(7-2)16-10-8-14(5)9-11-16/h8-11,13,15,17H,6-7,12H2,1-5H3. The van der Waals surface area contributed by atoms with Crippen LogP contribution >= 0.6 is 0 Å². The van der Waals surface area contributed by atoms with Crippen molar-refractivity contribution >= 4 is 5.69 Å². The minimum absolute atomic E-state index is 0.552. The molecule has 0 spiro atoms. The summed E-state index contributed by atoms with van der Waals surface area (Å²) in [5.41, 5.74) is 2.66. The minimum Gasteiger partial charge on any atom is -0.368 e. The number of nitrogens with one attached hydrogen (secondary N) is 1. The highest BCUT2D eigenvalue weighted by atomic mass is 15.2. The van der Waals surface area contributed by atoms with E-state index in [1.807, 2.05) is 0 Å². The second-order valence-electron chi connectivity index (χ2n) is 5.25. The molecule has 1 rings (SSSR count). The lowest BCUT2D eigenvalue weighted by molar-refractivity contribution is 0.491. The first-order valence-electron chi connectivity index (χ1n) is 7.15. The summed E-state index contributed by atoms with van der Waals surface area (Å²) < 4.78 is 0. The van der Waals surface area contributed by atoms with E-state index in [4.69, 9.17) is 0 Å². The topological polar surface area (TPSA) is 15.3 Å². The van der Waals surface area contributed by atoms with Gasteiger partial charge < -0.3 is 10.2 Å². The van der Waals surface area contributed by atoms with Gasteiger partial charge in [0.2, 0.25) is 0 Å². The van der Waals surface area contributed by atoms with E-state index in [0.29, 0.717) is 12.1 Å². The Morgan fingerprint density at radius 3 is 2.17 bits per heavy atom. The minimum atomic E-state index is 0.552. The molecule has 0 saturated carbocycles. The van der Waals surface area contributed by atoms with Crippen molar-refractivity contribution in [1.82, 2.24) is 5.32 Å². The molecule has 0 radical (unpaired) electrons. The van der Waals surface area contributed by atoms with Gasteiger partial charge in [0, 0.05) is 30.9 Å². The van der Waals surface area contributed by atoms with E-state index in [1.54, 1.807) is 0 Å². The first kappa shape index (κ1) is 15.0. The molecule has 102 valence electrons. The summed E-state index contributed by atoms with van der Waals surface area (Å²) in [5, 5.41) is 3.55. The van der Waals surface area contributed by atoms with Crippen LogP contribution in [0.4, 0.5) is 5.69 Å². The van der Waals surface area contributed by atoms with Gasteiger partial charge in [0.1, 0.15) is 0 Å². The number of likely N-dealkylation sites (N-methyl/N-ethyl adjacent to an activating group) is 1. The molecule has 0 aromatic heterocycles. The van der Waals surface area contributed by atoms with Gasteiger partial charge in [0.15, 0.2) is 0 Å². The highest BCUT2D eigenvalue weighted by Crippen LogP contribution is 2.19. The molecule has 1 atom stereocenters. The number of nitrogens with zero attached hydrogens (tertiary/aromatic N) is 1. The summed E-state index contributed by atoms with van der Waals surface area (Å²) in [6, 6.07) is 9.98. The molecule has 2 nitrogen and oxygen atoms in total. The van der Waals surface area contributed by atoms with Crippen LogP contribution in [0, 0.1) is 6.92 Å². The fraction of sp³-hybridized carbons (Fsp3) is 0.625. The van der Waals surface area contributed by atoms with Crippen LogP contribution in [0.3, 0.4) is 0 Å². The number of rotatable bonds is 7. The summed E-state index contributed by atoms with van der Waals surface area (Å²) in [4.78, 5) is 2.49. The first-order valence-corrected chi connectivity index (χ1v) is 7.15. The maximum Gasteiger partial charge on any atom is 0.0411 e. The molecule has 1 aromatic carbocycles. The Kier molecular flexibility index (Phi) is 6.20. The lowest BCUT2D eigenvalue weighted by Gasteiger charge is -2.33. The van der Waals surface area contributed by atoms with Crippen LogP contribution in [0.1, 0.15) is 39.7 Å². The van der Waals surface area contributed by atoms with Gasteiger partial charge in [-0.15, -0.1) is 0 Å². The van der Waals surface area contributed by atoms with E-state index >= 15 is 0 Å². The van der Waals surface area contributed by atoms with Gasteiger partial charge >= 0.3 is 0 Å². The predicted octanol–water partition coefficient (Wildman–Crippen LogP) is 3.60. The van der Waals surface area contributed by atoms with Crippen LogP contribution in [0.2, 0.25) is 0 Å². The van der Waals surface area contributed by atoms with Gasteiger partial charge in [-0.3, -0.25) is 0 Å². The third kappa shape index (κ3) is 4.34. The van der Waals surface area contributed by atoms with E-state index in [-0.39, 0.29) is 0 Å². The first-order chi connectivity index (χ1) is 8.58. The molecule has 1 aromatic rings. The fourth-order valence-electron chi connectivity index (χ4n) is 2.23. The van der Waals surface area contributed by atoms with Gasteiger partial charge in [0.05, 0.1) is 0 Å². The SMILES string of the molecule is CCC(CNC(C)C)N(CC)c1ccc(C)cc1. The number of hydrogen-bond donors (Lipinski definition) is 1. The van der Waals surface area contributed by atoms with Crippen molar-refractivity contribution in [1.29, 1.82) is 0 Å². The molecule has 0 heterocycles. The van der Waals surface area contributed by atoms with Gasteiger partial charge in [-0.05, 0) is 32.4 Å². The van der Waals surface area contributed by atoms with Crippen LogP contribution < -0.4 is 10.2 Å². The van der Waals surface area contributed by atoms with Crippen molar-refractivity contribution < 1.29 is 0 Å². The molecule has 0 aliphatic rings. The predicted molar refractivity (Wildman–Crippen MR) is 81.4 cm³/mol. The van der Waals surface area contributed by atoms with E-state index in [0.717, 1.165) is 13.1 Å². The van der Waals surface area contributed by atoms with E-state index in [9.17, 15) is 0 Å². The molecular weight excluding hydrogens is 220 g/mol. The Labute approximate surface area is 112 Å². The van der Waals surface area contributed by atoms with Crippen molar-refractivity contribution in [2.75, 3.05) is 18.0 Å². The van der Waals surface area contributed by atoms with Gasteiger partial charge in [-0.2, -0.15) is 0 Å². The summed E-state index contributed by atoms with van der Waals surface area (Å²) >= 11 is 0. The Bertz CT molecular complexity index is 329. The summed E-state index contributed by atoms with van der Waals surface area (Å²) in [6.07, 6.45) is 1.17. The van der Waals surface area contributed by atoms with Crippen LogP contribution in [0.5, 0.6) is 0 Å². The van der Waals surface area contributed by atoms with Crippen LogP contribution in [0.15, 0.2) is 24.3 Å². The lowest BCUT2D eigenvalue weighted by Crippen LogP contribution is -2.43. The maximum atomic E-state index is 3.55. The Morgan fingerprint density at radius 1 is 1.11 bits per heavy atom. The van der Waals surface area contributed by atoms with Crippen molar-refractivity contribution in [3.05, 3.63) is 29.8 Å². The van der Waals surface area contributed by atoms with E-state index in [2.05, 4.69) is 69.1 Å². The molecule has 0 bridgehead atoms. The van der Waals surface area contributed by atoms with Gasteiger partial charge in [-0.1, -0.05) is 38.5 Å². The highest BCUT2D eigenvalue weighted by Gasteiger charge is 2.15. The van der Waals surface area contributed by atoms with Crippen molar-refractivity contribution in [3.8, 4) is 0 Å². The van der Waals surface area contributed by atoms with Crippen molar-refractivity contribution in [2.45, 2.75) is 53.1 Å². The third-order valence-corrected chi connectivity index (χ3v) is 3.38. The summed E-state index contributed by atoms with van der Waals surface area (Å²) in [6.45, 7) is 13.2. The fourth-order valence-corrected chi connectivity index (χ4v) is 2.23. The molecule has 0 fully saturated rings. The number of aryl methyl sites for hydroxylation is 1. The molecule has 1 unspecified atom stereocenters. The number of anilines is 1. The van der Waals surface area contributed by atoms with Crippen LogP contribution in [-0.2, 0) is 0 Å². The maximum absolute atomic E-state index is 3.55. The zero-order valence-electron chi connectivity index (χ0n) is 12.5. The Morgan fingerprint density at radius 2 is 1.72 bits per heavy atom. The average Bonchev–Trinajstić information content (AvgIpc) is 2.35. The van der Waals surface area contributed by atoms with Gasteiger partial charge in [0.25, 0.3) is 0 Å². The average molecular weight is 248 g/mol. The van der Waals surface area contributed by atoms with Crippen molar-refractivity contribution in [2.24, 2.45) is 0 Å². The molecule has 0 aliphatic heterocycles. The monoisotopic (exact) mass is 248 g/mol. The smallest absolute Gasteiger partial charge is 0.0411 e. The van der Waals surface area contributed by atoms with Crippen LogP contribution in [-0.4, -0.2) is 25.2 Å². The molecule has 0 aliphatic carbocycles. The summed E-state index contributed by atoms with van der Waals surface area (Å²) in [7, 11) is 0. The summed E-state index contributed by atoms with van der Waals surface area (Å²) in [5.74, 6) is 0. The second kappa shape index (κ2) is 7.42. The normalized spacial score (nSPS) is 12.8. The molecule has 0 amide bonds. The second-order valence-corrected chi connectivity index (χ2v) is 5.25. The van der Waals surface area contributed by atoms with E-state index in [1.165, 1.54) is 17.7 Å². The lowest BCUT2D eigenvalue weighted by atomic mass is 10.1. The van der Waals surface area contributed by atoms with Crippen LogP contribution in [0.25, 0.3) is 0 Å². The molecule has 1 N–H and O–H groups in total. The van der Waals surface area contributed by atoms with Crippen molar-refractivity contribution in [3.63, 3.8) is 0 Å². The third-order valence-electron chi connectivity index (χ3n) is 3.38. The number of hydrogen-bond acceptors (Lipinski definition) is 2. The Balaban J connectivity index is 2.75. The number of benzene rings is 1. The molecule has 2 heteroatoms. The molecule has 18 heavy (non-hydrogen) atoms. The van der Waals surface area contributed by atoms with Gasteiger partial charge in [-0.25, -0.2) is 0 Å². The Hall–Kier alpha value is -1.02. The molecular formula is C16H28N2.